The second-order valence-corrected chi connectivity index (χ2v) is 5.27. The van der Waals surface area contributed by atoms with E-state index in [2.05, 4.69) is 31.4 Å². The number of carbonyl (C=O) groups is 1. The molecule has 0 aromatic rings. The number of carbonyl (C=O) groups excluding carboxylic acids is 1. The zero-order valence-corrected chi connectivity index (χ0v) is 9.93. The second kappa shape index (κ2) is 5.47. The average molecular weight is 214 g/mol. The summed E-state index contributed by atoms with van der Waals surface area (Å²) in [4.78, 5) is 11.6. The van der Waals surface area contributed by atoms with Crippen LogP contribution in [0.2, 0.25) is 0 Å². The third kappa shape index (κ3) is 5.74. The molecule has 1 aliphatic rings. The molecular formula is C11H22N2O2. The largest absolute Gasteiger partial charge is 0.378 e. The number of rotatable bonds is 3. The molecule has 2 N–H and O–H groups in total. The molecule has 1 heterocycles. The maximum absolute atomic E-state index is 11.6. The van der Waals surface area contributed by atoms with E-state index >= 15 is 0 Å². The van der Waals surface area contributed by atoms with Crippen molar-refractivity contribution < 1.29 is 9.53 Å². The highest BCUT2D eigenvalue weighted by molar-refractivity contribution is 5.76. The van der Waals surface area contributed by atoms with Gasteiger partial charge in [0.1, 0.15) is 0 Å². The summed E-state index contributed by atoms with van der Waals surface area (Å²) in [6.07, 6.45) is 0.510. The fourth-order valence-corrected chi connectivity index (χ4v) is 1.41. The number of hydrogen-bond donors (Lipinski definition) is 2. The van der Waals surface area contributed by atoms with E-state index < -0.39 is 0 Å². The summed E-state index contributed by atoms with van der Waals surface area (Å²) in [7, 11) is 0. The molecule has 0 aromatic heterocycles. The molecule has 88 valence electrons. The highest BCUT2D eigenvalue weighted by Crippen LogP contribution is 2.10. The van der Waals surface area contributed by atoms with Gasteiger partial charge in [-0.2, -0.15) is 0 Å². The first-order valence-electron chi connectivity index (χ1n) is 5.55. The summed E-state index contributed by atoms with van der Waals surface area (Å²) in [5.74, 6) is 0.105. The van der Waals surface area contributed by atoms with E-state index in [1.165, 1.54) is 0 Å². The van der Waals surface area contributed by atoms with Gasteiger partial charge in [-0.3, -0.25) is 4.79 Å². The van der Waals surface area contributed by atoms with Gasteiger partial charge in [-0.05, 0) is 5.41 Å². The molecule has 1 rings (SSSR count). The Hall–Kier alpha value is -0.610. The van der Waals surface area contributed by atoms with E-state index in [0.29, 0.717) is 13.0 Å². The number of morpholine rings is 1. The normalized spacial score (nSPS) is 22.5. The third-order valence-electron chi connectivity index (χ3n) is 2.25. The molecule has 1 saturated heterocycles. The van der Waals surface area contributed by atoms with Gasteiger partial charge in [0.15, 0.2) is 0 Å². The summed E-state index contributed by atoms with van der Waals surface area (Å²) in [5.41, 5.74) is 0.145. The third-order valence-corrected chi connectivity index (χ3v) is 2.25. The molecule has 0 saturated carbocycles. The molecule has 0 spiro atoms. The summed E-state index contributed by atoms with van der Waals surface area (Å²) >= 11 is 0. The minimum atomic E-state index is 0.105. The average Bonchev–Trinajstić information content (AvgIpc) is 2.15. The van der Waals surface area contributed by atoms with Gasteiger partial charge < -0.3 is 15.4 Å². The van der Waals surface area contributed by atoms with Crippen LogP contribution >= 0.6 is 0 Å². The Balaban J connectivity index is 2.17. The molecule has 1 unspecified atom stereocenters. The van der Waals surface area contributed by atoms with Crippen molar-refractivity contribution in [3.63, 3.8) is 0 Å². The van der Waals surface area contributed by atoms with Crippen molar-refractivity contribution >= 4 is 5.91 Å². The lowest BCUT2D eigenvalue weighted by Gasteiger charge is -2.24. The Morgan fingerprint density at radius 1 is 1.53 bits per heavy atom. The summed E-state index contributed by atoms with van der Waals surface area (Å²) in [6.45, 7) is 9.28. The predicted molar refractivity (Wildman–Crippen MR) is 59.7 cm³/mol. The van der Waals surface area contributed by atoms with Crippen molar-refractivity contribution in [3.05, 3.63) is 0 Å². The topological polar surface area (TPSA) is 50.4 Å². The molecule has 1 fully saturated rings. The minimum Gasteiger partial charge on any atom is -0.378 e. The van der Waals surface area contributed by atoms with Crippen LogP contribution in [-0.2, 0) is 9.53 Å². The van der Waals surface area contributed by atoms with Gasteiger partial charge in [0, 0.05) is 25.6 Å². The Morgan fingerprint density at radius 2 is 2.27 bits per heavy atom. The lowest BCUT2D eigenvalue weighted by atomic mass is 9.97. The van der Waals surface area contributed by atoms with E-state index in [-0.39, 0.29) is 17.4 Å². The lowest BCUT2D eigenvalue weighted by molar-refractivity contribution is -0.122. The molecule has 0 aliphatic carbocycles. The number of nitrogens with one attached hydrogen (secondary N) is 2. The van der Waals surface area contributed by atoms with Crippen LogP contribution in [0.5, 0.6) is 0 Å². The van der Waals surface area contributed by atoms with E-state index in [9.17, 15) is 4.79 Å². The summed E-state index contributed by atoms with van der Waals surface area (Å²) in [5, 5.41) is 6.20. The Morgan fingerprint density at radius 3 is 2.80 bits per heavy atom. The number of amides is 1. The van der Waals surface area contributed by atoms with Crippen LogP contribution in [0.4, 0.5) is 0 Å². The Bertz CT molecular complexity index is 205. The van der Waals surface area contributed by atoms with Gasteiger partial charge in [0.2, 0.25) is 5.91 Å². The molecule has 1 amide bonds. The number of ether oxygens (including phenoxy) is 1. The van der Waals surface area contributed by atoms with Crippen LogP contribution in [0.1, 0.15) is 27.2 Å². The standard InChI is InChI=1S/C11H22N2O2/c1-11(2,3)8-13-10(14)6-9-7-15-5-4-12-9/h9,12H,4-8H2,1-3H3,(H,13,14). The van der Waals surface area contributed by atoms with E-state index in [1.54, 1.807) is 0 Å². The zero-order chi connectivity index (χ0) is 11.3. The van der Waals surface area contributed by atoms with Crippen molar-refractivity contribution in [1.29, 1.82) is 0 Å². The molecule has 15 heavy (non-hydrogen) atoms. The predicted octanol–water partition coefficient (Wildman–Crippen LogP) is 0.527. The van der Waals surface area contributed by atoms with E-state index in [0.717, 1.165) is 19.7 Å². The summed E-state index contributed by atoms with van der Waals surface area (Å²) in [6, 6.07) is 0.179. The highest BCUT2D eigenvalue weighted by atomic mass is 16.5. The van der Waals surface area contributed by atoms with Gasteiger partial charge in [-0.25, -0.2) is 0 Å². The van der Waals surface area contributed by atoms with E-state index in [4.69, 9.17) is 4.74 Å². The first-order chi connectivity index (χ1) is 6.97. The maximum Gasteiger partial charge on any atom is 0.221 e. The molecular weight excluding hydrogens is 192 g/mol. The van der Waals surface area contributed by atoms with Crippen molar-refractivity contribution in [1.82, 2.24) is 10.6 Å². The van der Waals surface area contributed by atoms with Crippen LogP contribution in [0, 0.1) is 5.41 Å². The molecule has 1 aliphatic heterocycles. The van der Waals surface area contributed by atoms with Crippen molar-refractivity contribution in [2.75, 3.05) is 26.3 Å². The van der Waals surface area contributed by atoms with Crippen molar-refractivity contribution in [3.8, 4) is 0 Å². The monoisotopic (exact) mass is 214 g/mol. The van der Waals surface area contributed by atoms with Gasteiger partial charge in [0.05, 0.1) is 13.2 Å². The summed E-state index contributed by atoms with van der Waals surface area (Å²) < 4.78 is 5.29. The molecule has 0 aromatic carbocycles. The van der Waals surface area contributed by atoms with Crippen LogP contribution < -0.4 is 10.6 Å². The fraction of sp³-hybridized carbons (Fsp3) is 0.909. The number of hydrogen-bond acceptors (Lipinski definition) is 3. The molecule has 1 atom stereocenters. The highest BCUT2D eigenvalue weighted by Gasteiger charge is 2.18. The van der Waals surface area contributed by atoms with Crippen LogP contribution in [-0.4, -0.2) is 38.3 Å². The molecule has 0 bridgehead atoms. The van der Waals surface area contributed by atoms with Crippen LogP contribution in [0.25, 0.3) is 0 Å². The van der Waals surface area contributed by atoms with E-state index in [1.807, 2.05) is 0 Å². The minimum absolute atomic E-state index is 0.105. The SMILES string of the molecule is CC(C)(C)CNC(=O)CC1COCCN1. The first-order valence-corrected chi connectivity index (χ1v) is 5.55. The molecule has 4 nitrogen and oxygen atoms in total. The van der Waals surface area contributed by atoms with Crippen LogP contribution in [0.3, 0.4) is 0 Å². The van der Waals surface area contributed by atoms with Crippen molar-refractivity contribution in [2.45, 2.75) is 33.2 Å². The Kier molecular flexibility index (Phi) is 4.54. The maximum atomic E-state index is 11.6. The van der Waals surface area contributed by atoms with Gasteiger partial charge >= 0.3 is 0 Å². The van der Waals surface area contributed by atoms with Gasteiger partial charge in [-0.15, -0.1) is 0 Å². The smallest absolute Gasteiger partial charge is 0.221 e. The Labute approximate surface area is 91.8 Å². The van der Waals surface area contributed by atoms with Crippen molar-refractivity contribution in [2.24, 2.45) is 5.41 Å². The quantitative estimate of drug-likeness (QED) is 0.720. The fourth-order valence-electron chi connectivity index (χ4n) is 1.41. The molecule has 0 radical (unpaired) electrons. The molecule has 4 heteroatoms. The van der Waals surface area contributed by atoms with Crippen LogP contribution in [0.15, 0.2) is 0 Å². The zero-order valence-electron chi connectivity index (χ0n) is 9.93. The second-order valence-electron chi connectivity index (χ2n) is 5.27. The van der Waals surface area contributed by atoms with Gasteiger partial charge in [0.25, 0.3) is 0 Å². The van der Waals surface area contributed by atoms with Gasteiger partial charge in [-0.1, -0.05) is 20.8 Å². The lowest BCUT2D eigenvalue weighted by Crippen LogP contribution is -2.45. The first kappa shape index (κ1) is 12.5.